The lowest BCUT2D eigenvalue weighted by Crippen LogP contribution is -2.55. The van der Waals surface area contributed by atoms with Crippen molar-refractivity contribution in [3.8, 4) is 6.07 Å². The van der Waals surface area contributed by atoms with Gasteiger partial charge in [0.05, 0.1) is 6.07 Å². The number of carbonyl (C=O) groups excluding carboxylic acids is 1. The fraction of sp³-hybridized carbons (Fsp3) is 0.867. The van der Waals surface area contributed by atoms with Crippen LogP contribution in [0.25, 0.3) is 0 Å². The maximum absolute atomic E-state index is 12.4. The van der Waals surface area contributed by atoms with Crippen molar-refractivity contribution >= 4 is 5.91 Å². The quantitative estimate of drug-likeness (QED) is 0.830. The maximum atomic E-state index is 12.4. The molecule has 1 atom stereocenters. The minimum atomic E-state index is -0.766. The minimum absolute atomic E-state index is 0.0543. The third kappa shape index (κ3) is 3.31. The Morgan fingerprint density at radius 2 is 2.00 bits per heavy atom. The van der Waals surface area contributed by atoms with E-state index in [1.165, 1.54) is 0 Å². The van der Waals surface area contributed by atoms with Gasteiger partial charge < -0.3 is 10.2 Å². The highest BCUT2D eigenvalue weighted by Gasteiger charge is 2.40. The lowest BCUT2D eigenvalue weighted by atomic mass is 9.74. The summed E-state index contributed by atoms with van der Waals surface area (Å²) >= 11 is 0. The molecule has 5 nitrogen and oxygen atoms in total. The number of nitrogens with zero attached hydrogens (tertiary/aromatic N) is 3. The molecule has 1 saturated carbocycles. The molecule has 2 fully saturated rings. The number of nitriles is 1. The first kappa shape index (κ1) is 15.3. The van der Waals surface area contributed by atoms with Crippen LogP contribution in [0.3, 0.4) is 0 Å². The van der Waals surface area contributed by atoms with Crippen LogP contribution >= 0.6 is 0 Å². The molecule has 1 saturated heterocycles. The van der Waals surface area contributed by atoms with Crippen molar-refractivity contribution in [3.05, 3.63) is 0 Å². The standard InChI is InChI=1S/C15H26N4O/c1-18-8-9-19(2)13(11-18)10-17-14(20)15(12-16)6-4-3-5-7-15/h13H,3-11H2,1-2H3,(H,17,20)/t13-/m1/s1. The highest BCUT2D eigenvalue weighted by molar-refractivity contribution is 5.85. The molecule has 5 heteroatoms. The van der Waals surface area contributed by atoms with E-state index in [0.717, 1.165) is 51.7 Å². The third-order valence-electron chi connectivity index (χ3n) is 4.83. The maximum Gasteiger partial charge on any atom is 0.240 e. The van der Waals surface area contributed by atoms with E-state index in [1.54, 1.807) is 0 Å². The van der Waals surface area contributed by atoms with Crippen molar-refractivity contribution in [3.63, 3.8) is 0 Å². The van der Waals surface area contributed by atoms with E-state index < -0.39 is 5.41 Å². The zero-order valence-corrected chi connectivity index (χ0v) is 12.7. The Bertz CT molecular complexity index is 384. The number of likely N-dealkylation sites (N-methyl/N-ethyl adjacent to an activating group) is 2. The van der Waals surface area contributed by atoms with Gasteiger partial charge in [0.1, 0.15) is 5.41 Å². The number of rotatable bonds is 3. The summed E-state index contributed by atoms with van der Waals surface area (Å²) in [5, 5.41) is 12.4. The monoisotopic (exact) mass is 278 g/mol. The van der Waals surface area contributed by atoms with E-state index in [-0.39, 0.29) is 5.91 Å². The van der Waals surface area contributed by atoms with Gasteiger partial charge in [0.15, 0.2) is 0 Å². The average Bonchev–Trinajstić information content (AvgIpc) is 2.48. The molecule has 0 bridgehead atoms. The number of nitrogens with one attached hydrogen (secondary N) is 1. The molecule has 1 N–H and O–H groups in total. The highest BCUT2D eigenvalue weighted by Crippen LogP contribution is 2.35. The first-order valence-electron chi connectivity index (χ1n) is 7.66. The summed E-state index contributed by atoms with van der Waals surface area (Å²) in [6, 6.07) is 2.63. The Labute approximate surface area is 121 Å². The number of hydrogen-bond acceptors (Lipinski definition) is 4. The van der Waals surface area contributed by atoms with Crippen molar-refractivity contribution in [2.24, 2.45) is 5.41 Å². The summed E-state index contributed by atoms with van der Waals surface area (Å²) in [5.41, 5.74) is -0.766. The third-order valence-corrected chi connectivity index (χ3v) is 4.83. The van der Waals surface area contributed by atoms with Gasteiger partial charge in [-0.2, -0.15) is 5.26 Å². The fourth-order valence-electron chi connectivity index (χ4n) is 3.25. The average molecular weight is 278 g/mol. The Morgan fingerprint density at radius 3 is 2.65 bits per heavy atom. The second-order valence-electron chi connectivity index (χ2n) is 6.36. The van der Waals surface area contributed by atoms with E-state index in [2.05, 4.69) is 35.3 Å². The fourth-order valence-corrected chi connectivity index (χ4v) is 3.25. The topological polar surface area (TPSA) is 59.4 Å². The molecular weight excluding hydrogens is 252 g/mol. The van der Waals surface area contributed by atoms with Gasteiger partial charge in [-0.05, 0) is 26.9 Å². The molecule has 2 aliphatic rings. The van der Waals surface area contributed by atoms with E-state index in [4.69, 9.17) is 0 Å². The summed E-state index contributed by atoms with van der Waals surface area (Å²) in [6.07, 6.45) is 4.57. The number of amides is 1. The molecule has 1 aliphatic carbocycles. The molecule has 1 amide bonds. The summed E-state index contributed by atoms with van der Waals surface area (Å²) in [7, 11) is 4.21. The van der Waals surface area contributed by atoms with Gasteiger partial charge in [-0.15, -0.1) is 0 Å². The Hall–Kier alpha value is -1.12. The smallest absolute Gasteiger partial charge is 0.240 e. The molecule has 1 aliphatic heterocycles. The van der Waals surface area contributed by atoms with Gasteiger partial charge >= 0.3 is 0 Å². The predicted molar refractivity (Wildman–Crippen MR) is 78.1 cm³/mol. The van der Waals surface area contributed by atoms with E-state index >= 15 is 0 Å². The molecule has 0 aromatic rings. The molecule has 0 radical (unpaired) electrons. The summed E-state index contributed by atoms with van der Waals surface area (Å²) in [4.78, 5) is 17.0. The molecule has 1 heterocycles. The van der Waals surface area contributed by atoms with Crippen LogP contribution in [0.15, 0.2) is 0 Å². The van der Waals surface area contributed by atoms with E-state index in [0.29, 0.717) is 12.6 Å². The second-order valence-corrected chi connectivity index (χ2v) is 6.36. The molecule has 0 unspecified atom stereocenters. The van der Waals surface area contributed by atoms with Crippen molar-refractivity contribution in [2.75, 3.05) is 40.3 Å². The number of hydrogen-bond donors (Lipinski definition) is 1. The van der Waals surface area contributed by atoms with Gasteiger partial charge in [0.25, 0.3) is 0 Å². The van der Waals surface area contributed by atoms with E-state index in [1.807, 2.05) is 0 Å². The molecule has 112 valence electrons. The van der Waals surface area contributed by atoms with Crippen LogP contribution in [0, 0.1) is 16.7 Å². The summed E-state index contributed by atoms with van der Waals surface area (Å²) in [5.74, 6) is -0.0543. The molecule has 0 spiro atoms. The van der Waals surface area contributed by atoms with Crippen LogP contribution < -0.4 is 5.32 Å². The van der Waals surface area contributed by atoms with Crippen molar-refractivity contribution in [1.29, 1.82) is 5.26 Å². The molecular formula is C15H26N4O. The Kier molecular flexibility index (Phi) is 5.00. The van der Waals surface area contributed by atoms with Gasteiger partial charge in [-0.3, -0.25) is 9.69 Å². The molecule has 20 heavy (non-hydrogen) atoms. The number of piperazine rings is 1. The van der Waals surface area contributed by atoms with Gasteiger partial charge in [0, 0.05) is 32.2 Å². The lowest BCUT2D eigenvalue weighted by Gasteiger charge is -2.38. The van der Waals surface area contributed by atoms with Gasteiger partial charge in [0.2, 0.25) is 5.91 Å². The minimum Gasteiger partial charge on any atom is -0.353 e. The largest absolute Gasteiger partial charge is 0.353 e. The first-order chi connectivity index (χ1) is 9.57. The Morgan fingerprint density at radius 1 is 1.30 bits per heavy atom. The van der Waals surface area contributed by atoms with Crippen molar-refractivity contribution < 1.29 is 4.79 Å². The van der Waals surface area contributed by atoms with Crippen LogP contribution in [-0.4, -0.2) is 62.0 Å². The van der Waals surface area contributed by atoms with Crippen LogP contribution in [0.2, 0.25) is 0 Å². The molecule has 0 aromatic heterocycles. The zero-order chi connectivity index (χ0) is 14.6. The van der Waals surface area contributed by atoms with Crippen LogP contribution in [0.1, 0.15) is 32.1 Å². The number of carbonyl (C=O) groups is 1. The highest BCUT2D eigenvalue weighted by atomic mass is 16.2. The van der Waals surface area contributed by atoms with Crippen molar-refractivity contribution in [1.82, 2.24) is 15.1 Å². The normalized spacial score (nSPS) is 27.8. The second kappa shape index (κ2) is 6.55. The van der Waals surface area contributed by atoms with Gasteiger partial charge in [-0.1, -0.05) is 19.3 Å². The van der Waals surface area contributed by atoms with Crippen LogP contribution in [0.4, 0.5) is 0 Å². The zero-order valence-electron chi connectivity index (χ0n) is 12.7. The lowest BCUT2D eigenvalue weighted by molar-refractivity contribution is -0.129. The van der Waals surface area contributed by atoms with E-state index in [9.17, 15) is 10.1 Å². The van der Waals surface area contributed by atoms with Crippen molar-refractivity contribution in [2.45, 2.75) is 38.1 Å². The predicted octanol–water partition coefficient (Wildman–Crippen LogP) is 0.822. The first-order valence-corrected chi connectivity index (χ1v) is 7.66. The molecule has 2 rings (SSSR count). The SMILES string of the molecule is CN1CCN(C)[C@H](CNC(=O)C2(C#N)CCCCC2)C1. The molecule has 0 aromatic carbocycles. The van der Waals surface area contributed by atoms with Gasteiger partial charge in [-0.25, -0.2) is 0 Å². The summed E-state index contributed by atoms with van der Waals surface area (Å²) < 4.78 is 0. The Balaban J connectivity index is 1.89. The van der Waals surface area contributed by atoms with Crippen LogP contribution in [0.5, 0.6) is 0 Å². The van der Waals surface area contributed by atoms with Crippen LogP contribution in [-0.2, 0) is 4.79 Å². The summed E-state index contributed by atoms with van der Waals surface area (Å²) in [6.45, 7) is 3.71.